The molecule has 0 spiro atoms. The summed E-state index contributed by atoms with van der Waals surface area (Å²) in [6, 6.07) is 3.97. The number of piperidine rings is 1. The van der Waals surface area contributed by atoms with Gasteiger partial charge < -0.3 is 10.2 Å². The van der Waals surface area contributed by atoms with Crippen LogP contribution in [0.4, 0.5) is 10.3 Å². The smallest absolute Gasteiger partial charge is 0.256 e. The number of benzene rings is 1. The summed E-state index contributed by atoms with van der Waals surface area (Å²) in [6.07, 6.45) is 7.92. The number of amides is 1. The molecule has 156 valence electrons. The van der Waals surface area contributed by atoms with Gasteiger partial charge in [0.25, 0.3) is 5.91 Å². The summed E-state index contributed by atoms with van der Waals surface area (Å²) in [5.74, 6) is 0.0867. The van der Waals surface area contributed by atoms with Gasteiger partial charge in [-0.1, -0.05) is 18.5 Å². The Balaban J connectivity index is 1.59. The van der Waals surface area contributed by atoms with Crippen LogP contribution in [0.25, 0.3) is 5.69 Å². The number of likely N-dealkylation sites (tertiary alicyclic amines) is 1. The number of nitrogens with zero attached hydrogens (tertiary/aromatic N) is 6. The molecule has 2 atom stereocenters. The van der Waals surface area contributed by atoms with E-state index in [1.54, 1.807) is 0 Å². The fourth-order valence-electron chi connectivity index (χ4n) is 3.76. The van der Waals surface area contributed by atoms with Gasteiger partial charge in [-0.3, -0.25) is 4.79 Å². The third kappa shape index (κ3) is 4.25. The van der Waals surface area contributed by atoms with Gasteiger partial charge in [-0.15, -0.1) is 0 Å². The van der Waals surface area contributed by atoms with Crippen LogP contribution in [-0.4, -0.2) is 54.9 Å². The number of halogens is 2. The van der Waals surface area contributed by atoms with Crippen LogP contribution in [0.5, 0.6) is 0 Å². The fourth-order valence-corrected chi connectivity index (χ4v) is 3.86. The highest BCUT2D eigenvalue weighted by atomic mass is 35.5. The Bertz CT molecular complexity index is 1010. The zero-order valence-electron chi connectivity index (χ0n) is 16.4. The average Bonchev–Trinajstić information content (AvgIpc) is 3.28. The van der Waals surface area contributed by atoms with Gasteiger partial charge in [0.05, 0.1) is 41.4 Å². The summed E-state index contributed by atoms with van der Waals surface area (Å²) in [5.41, 5.74) is 0.672. The summed E-state index contributed by atoms with van der Waals surface area (Å²) >= 11 is 5.84. The summed E-state index contributed by atoms with van der Waals surface area (Å²) in [4.78, 5) is 24.9. The fraction of sp³-hybridized carbons (Fsp3) is 0.350. The van der Waals surface area contributed by atoms with Crippen molar-refractivity contribution in [2.45, 2.75) is 25.8 Å². The average molecular weight is 430 g/mol. The van der Waals surface area contributed by atoms with E-state index in [2.05, 4.69) is 32.4 Å². The van der Waals surface area contributed by atoms with Crippen molar-refractivity contribution in [3.05, 3.63) is 59.4 Å². The molecule has 10 heteroatoms. The predicted molar refractivity (Wildman–Crippen MR) is 110 cm³/mol. The first-order valence-corrected chi connectivity index (χ1v) is 10.1. The highest BCUT2D eigenvalue weighted by Gasteiger charge is 2.33. The Morgan fingerprint density at radius 3 is 2.73 bits per heavy atom. The Labute approximate surface area is 178 Å². The zero-order chi connectivity index (χ0) is 21.1. The van der Waals surface area contributed by atoms with Crippen molar-refractivity contribution in [3.8, 4) is 5.69 Å². The molecule has 3 aromatic rings. The normalized spacial score (nSPS) is 19.0. The predicted octanol–water partition coefficient (Wildman–Crippen LogP) is 3.20. The van der Waals surface area contributed by atoms with E-state index in [1.807, 2.05) is 4.90 Å². The molecule has 1 aliphatic heterocycles. The van der Waals surface area contributed by atoms with Gasteiger partial charge in [-0.25, -0.2) is 14.4 Å². The van der Waals surface area contributed by atoms with Gasteiger partial charge in [-0.05, 0) is 30.9 Å². The molecule has 0 unspecified atom stereocenters. The zero-order valence-corrected chi connectivity index (χ0v) is 17.1. The van der Waals surface area contributed by atoms with Crippen molar-refractivity contribution in [3.63, 3.8) is 0 Å². The van der Waals surface area contributed by atoms with E-state index in [9.17, 15) is 9.18 Å². The van der Waals surface area contributed by atoms with Crippen LogP contribution in [0.1, 0.15) is 30.1 Å². The number of carbonyl (C=O) groups is 1. The Morgan fingerprint density at radius 2 is 2.00 bits per heavy atom. The van der Waals surface area contributed by atoms with Crippen molar-refractivity contribution >= 4 is 23.5 Å². The minimum atomic E-state index is -0.455. The van der Waals surface area contributed by atoms with Crippen molar-refractivity contribution in [2.24, 2.45) is 5.92 Å². The van der Waals surface area contributed by atoms with E-state index in [4.69, 9.17) is 11.6 Å². The Hall–Kier alpha value is -3.07. The highest BCUT2D eigenvalue weighted by molar-refractivity contribution is 6.30. The van der Waals surface area contributed by atoms with Crippen LogP contribution in [0.15, 0.2) is 43.0 Å². The molecule has 30 heavy (non-hydrogen) atoms. The van der Waals surface area contributed by atoms with Crippen molar-refractivity contribution in [1.82, 2.24) is 29.9 Å². The molecule has 1 N–H and O–H groups in total. The Morgan fingerprint density at radius 1 is 1.27 bits per heavy atom. The third-order valence-corrected chi connectivity index (χ3v) is 5.49. The van der Waals surface area contributed by atoms with E-state index < -0.39 is 5.82 Å². The van der Waals surface area contributed by atoms with Gasteiger partial charge in [-0.2, -0.15) is 15.0 Å². The van der Waals surface area contributed by atoms with Gasteiger partial charge in [0.15, 0.2) is 0 Å². The van der Waals surface area contributed by atoms with Crippen molar-refractivity contribution < 1.29 is 9.18 Å². The Kier molecular flexibility index (Phi) is 5.89. The highest BCUT2D eigenvalue weighted by Crippen LogP contribution is 2.27. The number of carbonyl (C=O) groups excluding carboxylic acids is 1. The largest absolute Gasteiger partial charge is 0.352 e. The monoisotopic (exact) mass is 429 g/mol. The molecule has 1 aliphatic rings. The van der Waals surface area contributed by atoms with Crippen molar-refractivity contribution in [2.75, 3.05) is 18.4 Å². The molecular formula is C20H21ClFN7O. The van der Waals surface area contributed by atoms with E-state index in [0.717, 1.165) is 12.8 Å². The number of aromatic nitrogens is 5. The van der Waals surface area contributed by atoms with E-state index in [0.29, 0.717) is 35.3 Å². The van der Waals surface area contributed by atoms with E-state index in [1.165, 1.54) is 47.8 Å². The number of nitrogens with one attached hydrogen (secondary N) is 1. The van der Waals surface area contributed by atoms with E-state index in [-0.39, 0.29) is 17.9 Å². The van der Waals surface area contributed by atoms with Gasteiger partial charge in [0, 0.05) is 19.2 Å². The number of hydrogen-bond donors (Lipinski definition) is 1. The first kappa shape index (κ1) is 20.2. The van der Waals surface area contributed by atoms with Crippen LogP contribution in [0, 0.1) is 11.7 Å². The molecule has 0 radical (unpaired) electrons. The molecule has 2 aromatic heterocycles. The SMILES string of the molecule is C[C@@H]1CCCN(C(=O)c2ccc(F)cc2-n2nccn2)[C@@H]1CNc1ncc(Cl)cn1. The van der Waals surface area contributed by atoms with Gasteiger partial charge >= 0.3 is 0 Å². The molecule has 1 aromatic carbocycles. The maximum absolute atomic E-state index is 13.9. The second kappa shape index (κ2) is 8.74. The van der Waals surface area contributed by atoms with Crippen LogP contribution in [0.3, 0.4) is 0 Å². The summed E-state index contributed by atoms with van der Waals surface area (Å²) in [6.45, 7) is 3.22. The molecule has 1 amide bonds. The quantitative estimate of drug-likeness (QED) is 0.670. The first-order valence-electron chi connectivity index (χ1n) is 9.71. The lowest BCUT2D eigenvalue weighted by Gasteiger charge is -2.40. The molecular weight excluding hydrogens is 409 g/mol. The maximum atomic E-state index is 13.9. The van der Waals surface area contributed by atoms with Crippen LogP contribution in [-0.2, 0) is 0 Å². The maximum Gasteiger partial charge on any atom is 0.256 e. The number of anilines is 1. The lowest BCUT2D eigenvalue weighted by Crippen LogP contribution is -2.51. The standard InChI is InChI=1S/C20H21ClFN7O/c1-13-3-2-8-28(18(13)12-25-20-23-10-14(21)11-24-20)19(30)16-5-4-15(22)9-17(16)29-26-6-7-27-29/h4-7,9-11,13,18H,2-3,8,12H2,1H3,(H,23,24,25)/t13-,18-/m1/s1. The molecule has 3 heterocycles. The second-order valence-corrected chi connectivity index (χ2v) is 7.71. The summed E-state index contributed by atoms with van der Waals surface area (Å²) in [7, 11) is 0. The molecule has 0 aliphatic carbocycles. The minimum absolute atomic E-state index is 0.0750. The molecule has 8 nitrogen and oxygen atoms in total. The first-order chi connectivity index (χ1) is 14.5. The molecule has 0 saturated carbocycles. The van der Waals surface area contributed by atoms with Crippen LogP contribution < -0.4 is 5.32 Å². The van der Waals surface area contributed by atoms with Gasteiger partial charge in [0.1, 0.15) is 11.5 Å². The topological polar surface area (TPSA) is 88.8 Å². The second-order valence-electron chi connectivity index (χ2n) is 7.27. The molecule has 1 fully saturated rings. The lowest BCUT2D eigenvalue weighted by molar-refractivity contribution is 0.0539. The summed E-state index contributed by atoms with van der Waals surface area (Å²) < 4.78 is 13.9. The van der Waals surface area contributed by atoms with Crippen LogP contribution in [0.2, 0.25) is 5.02 Å². The van der Waals surface area contributed by atoms with Crippen LogP contribution >= 0.6 is 11.6 Å². The van der Waals surface area contributed by atoms with E-state index >= 15 is 0 Å². The number of rotatable bonds is 5. The molecule has 1 saturated heterocycles. The molecule has 4 rings (SSSR count). The molecule has 0 bridgehead atoms. The third-order valence-electron chi connectivity index (χ3n) is 5.29. The number of hydrogen-bond acceptors (Lipinski definition) is 6. The van der Waals surface area contributed by atoms with Crippen molar-refractivity contribution in [1.29, 1.82) is 0 Å². The van der Waals surface area contributed by atoms with Gasteiger partial charge in [0.2, 0.25) is 5.95 Å². The lowest BCUT2D eigenvalue weighted by atomic mass is 9.90. The minimum Gasteiger partial charge on any atom is -0.352 e. The summed E-state index contributed by atoms with van der Waals surface area (Å²) in [5, 5.41) is 11.8.